The lowest BCUT2D eigenvalue weighted by Gasteiger charge is -2.27. The predicted octanol–water partition coefficient (Wildman–Crippen LogP) is 16.7. The molecule has 0 aliphatic rings. The van der Waals surface area contributed by atoms with Gasteiger partial charge in [-0.3, -0.25) is 0 Å². The van der Waals surface area contributed by atoms with E-state index in [2.05, 4.69) is 217 Å². The van der Waals surface area contributed by atoms with Crippen molar-refractivity contribution in [2.75, 3.05) is 4.90 Å². The molecule has 5 heteroatoms. The molecule has 10 aromatic carbocycles. The largest absolute Gasteiger partial charge is 0.310 e. The highest BCUT2D eigenvalue weighted by molar-refractivity contribution is 5.95. The molecule has 5 nitrogen and oxygen atoms in total. The normalized spacial score (nSPS) is 11.2. The third kappa shape index (κ3) is 8.09. The monoisotopic (exact) mass is 881 g/mol. The van der Waals surface area contributed by atoms with Crippen molar-refractivity contribution in [2.24, 2.45) is 0 Å². The maximum Gasteiger partial charge on any atom is 0.0979 e. The van der Waals surface area contributed by atoms with Crippen molar-refractivity contribution in [1.82, 2.24) is 19.9 Å². The summed E-state index contributed by atoms with van der Waals surface area (Å²) in [4.78, 5) is 23.9. The summed E-state index contributed by atoms with van der Waals surface area (Å²) in [7, 11) is 0. The van der Waals surface area contributed by atoms with Crippen molar-refractivity contribution in [3.8, 4) is 78.4 Å². The molecule has 0 aliphatic heterocycles. The molecule has 0 atom stereocenters. The van der Waals surface area contributed by atoms with Crippen LogP contribution in [0.1, 0.15) is 0 Å². The average molecular weight is 882 g/mol. The van der Waals surface area contributed by atoms with Gasteiger partial charge in [0.25, 0.3) is 0 Å². The molecule has 2 aromatic heterocycles. The fourth-order valence-corrected chi connectivity index (χ4v) is 9.36. The number of hydrogen-bond donors (Lipinski definition) is 0. The van der Waals surface area contributed by atoms with E-state index in [0.717, 1.165) is 118 Å². The standard InChI is InChI=1S/C64H43N5/c1-4-20-44(21-5-1)45-38-40-50(41-39-45)69(51-28-18-26-48(42-51)61-63(67-59-36-16-14-34-57(59)65-61)55-32-12-10-30-53(55)46-22-6-2-7-23-46)52-29-19-27-49(43-52)62-64(68-60-37-17-15-35-58(60)66-62)56-33-13-11-31-54(56)47-24-8-3-9-25-47/h1-43H. The van der Waals surface area contributed by atoms with Crippen LogP contribution in [-0.4, -0.2) is 19.9 Å². The van der Waals surface area contributed by atoms with E-state index in [1.165, 1.54) is 0 Å². The van der Waals surface area contributed by atoms with E-state index in [0.29, 0.717) is 0 Å². The van der Waals surface area contributed by atoms with E-state index in [1.807, 2.05) is 48.5 Å². The molecule has 0 radical (unpaired) electrons. The molecule has 0 N–H and O–H groups in total. The van der Waals surface area contributed by atoms with Gasteiger partial charge < -0.3 is 4.90 Å². The smallest absolute Gasteiger partial charge is 0.0979 e. The van der Waals surface area contributed by atoms with Gasteiger partial charge in [0.1, 0.15) is 0 Å². The molecule has 0 spiro atoms. The van der Waals surface area contributed by atoms with Crippen molar-refractivity contribution in [1.29, 1.82) is 0 Å². The van der Waals surface area contributed by atoms with Crippen molar-refractivity contribution >= 4 is 39.1 Å². The lowest BCUT2D eigenvalue weighted by molar-refractivity contribution is 1.26. The molecule has 2 heterocycles. The van der Waals surface area contributed by atoms with Gasteiger partial charge in [0.2, 0.25) is 0 Å². The van der Waals surface area contributed by atoms with Crippen LogP contribution in [-0.2, 0) is 0 Å². The van der Waals surface area contributed by atoms with Crippen LogP contribution in [0.25, 0.3) is 100 Å². The molecule has 12 aromatic rings. The lowest BCUT2D eigenvalue weighted by Crippen LogP contribution is -2.10. The molecule has 0 saturated heterocycles. The number of anilines is 3. The highest BCUT2D eigenvalue weighted by Crippen LogP contribution is 2.43. The fraction of sp³-hybridized carbons (Fsp3) is 0. The van der Waals surface area contributed by atoms with Gasteiger partial charge in [-0.15, -0.1) is 0 Å². The second kappa shape index (κ2) is 18.2. The summed E-state index contributed by atoms with van der Waals surface area (Å²) in [6, 6.07) is 90.9. The number of aromatic nitrogens is 4. The van der Waals surface area contributed by atoms with E-state index in [-0.39, 0.29) is 0 Å². The summed E-state index contributed by atoms with van der Waals surface area (Å²) in [6.45, 7) is 0. The van der Waals surface area contributed by atoms with Gasteiger partial charge >= 0.3 is 0 Å². The summed E-state index contributed by atoms with van der Waals surface area (Å²) < 4.78 is 0. The second-order valence-electron chi connectivity index (χ2n) is 17.0. The quantitative estimate of drug-likeness (QED) is 0.137. The molecule has 0 aliphatic carbocycles. The zero-order chi connectivity index (χ0) is 45.9. The summed E-state index contributed by atoms with van der Waals surface area (Å²) in [5, 5.41) is 0. The second-order valence-corrected chi connectivity index (χ2v) is 17.0. The SMILES string of the molecule is c1ccc(-c2ccc(N(c3cccc(-c4nc5ccccc5nc4-c4ccccc4-c4ccccc4)c3)c3cccc(-c4nc5ccccc5nc4-c4ccccc4-c4ccccc4)c3)cc2)cc1. The number of nitrogens with zero attached hydrogens (tertiary/aromatic N) is 5. The Bertz CT molecular complexity index is 3570. The number of rotatable bonds is 10. The van der Waals surface area contributed by atoms with Crippen LogP contribution in [0.3, 0.4) is 0 Å². The van der Waals surface area contributed by atoms with E-state index in [9.17, 15) is 0 Å². The third-order valence-electron chi connectivity index (χ3n) is 12.7. The minimum absolute atomic E-state index is 0.806. The maximum absolute atomic E-state index is 5.40. The van der Waals surface area contributed by atoms with E-state index >= 15 is 0 Å². The van der Waals surface area contributed by atoms with Gasteiger partial charge in [-0.05, 0) is 94.0 Å². The van der Waals surface area contributed by atoms with Gasteiger partial charge in [-0.25, -0.2) is 19.9 Å². The van der Waals surface area contributed by atoms with Crippen molar-refractivity contribution in [3.63, 3.8) is 0 Å². The van der Waals surface area contributed by atoms with E-state index < -0.39 is 0 Å². The first kappa shape index (κ1) is 41.1. The van der Waals surface area contributed by atoms with Crippen LogP contribution in [0.4, 0.5) is 17.1 Å². The average Bonchev–Trinajstić information content (AvgIpc) is 3.43. The van der Waals surface area contributed by atoms with Crippen LogP contribution in [0.15, 0.2) is 261 Å². The zero-order valence-corrected chi connectivity index (χ0v) is 37.6. The summed E-state index contributed by atoms with van der Waals surface area (Å²) in [6.07, 6.45) is 0. The summed E-state index contributed by atoms with van der Waals surface area (Å²) in [5.74, 6) is 0. The Morgan fingerprint density at radius 3 is 0.942 bits per heavy atom. The highest BCUT2D eigenvalue weighted by atomic mass is 15.1. The van der Waals surface area contributed by atoms with Crippen molar-refractivity contribution in [2.45, 2.75) is 0 Å². The Balaban J connectivity index is 1.04. The molecular weight excluding hydrogens is 839 g/mol. The molecule has 0 amide bonds. The Labute approximate surface area is 401 Å². The molecule has 12 rings (SSSR count). The molecule has 69 heavy (non-hydrogen) atoms. The number of para-hydroxylation sites is 4. The summed E-state index contributed by atoms with van der Waals surface area (Å²) >= 11 is 0. The predicted molar refractivity (Wildman–Crippen MR) is 285 cm³/mol. The van der Waals surface area contributed by atoms with Crippen LogP contribution >= 0.6 is 0 Å². The lowest BCUT2D eigenvalue weighted by atomic mass is 9.94. The zero-order valence-electron chi connectivity index (χ0n) is 37.6. The van der Waals surface area contributed by atoms with E-state index in [1.54, 1.807) is 0 Å². The Kier molecular flexibility index (Phi) is 10.8. The van der Waals surface area contributed by atoms with Gasteiger partial charge in [-0.2, -0.15) is 0 Å². The van der Waals surface area contributed by atoms with Gasteiger partial charge in [0.15, 0.2) is 0 Å². The minimum Gasteiger partial charge on any atom is -0.310 e. The first-order valence-corrected chi connectivity index (χ1v) is 23.2. The highest BCUT2D eigenvalue weighted by Gasteiger charge is 2.22. The Morgan fingerprint density at radius 1 is 0.203 bits per heavy atom. The molecule has 0 fully saturated rings. The Hall–Kier alpha value is -9.32. The van der Waals surface area contributed by atoms with Crippen molar-refractivity contribution < 1.29 is 0 Å². The van der Waals surface area contributed by atoms with E-state index in [4.69, 9.17) is 19.9 Å². The maximum atomic E-state index is 5.40. The number of fused-ring (bicyclic) bond motifs is 2. The van der Waals surface area contributed by atoms with Crippen LogP contribution in [0.2, 0.25) is 0 Å². The molecule has 324 valence electrons. The van der Waals surface area contributed by atoms with Crippen molar-refractivity contribution in [3.05, 3.63) is 261 Å². The third-order valence-corrected chi connectivity index (χ3v) is 12.7. The van der Waals surface area contributed by atoms with Crippen LogP contribution < -0.4 is 4.90 Å². The van der Waals surface area contributed by atoms with Crippen LogP contribution in [0, 0.1) is 0 Å². The van der Waals surface area contributed by atoms with Gasteiger partial charge in [-0.1, -0.05) is 200 Å². The molecule has 0 unspecified atom stereocenters. The van der Waals surface area contributed by atoms with Crippen LogP contribution in [0.5, 0.6) is 0 Å². The summed E-state index contributed by atoms with van der Waals surface area (Å²) in [5.41, 5.74) is 20.2. The number of hydrogen-bond acceptors (Lipinski definition) is 5. The first-order chi connectivity index (χ1) is 34.2. The Morgan fingerprint density at radius 2 is 0.522 bits per heavy atom. The van der Waals surface area contributed by atoms with Gasteiger partial charge in [0.05, 0.1) is 44.8 Å². The first-order valence-electron chi connectivity index (χ1n) is 23.2. The minimum atomic E-state index is 0.806. The molecule has 0 saturated carbocycles. The van der Waals surface area contributed by atoms with Gasteiger partial charge in [0, 0.05) is 39.3 Å². The number of benzene rings is 10. The molecule has 0 bridgehead atoms. The topological polar surface area (TPSA) is 54.8 Å². The fourth-order valence-electron chi connectivity index (χ4n) is 9.36. The molecular formula is C64H43N5.